The van der Waals surface area contributed by atoms with Crippen molar-refractivity contribution >= 4 is 11.8 Å². The van der Waals surface area contributed by atoms with Crippen molar-refractivity contribution < 1.29 is 23.8 Å². The molecular weight excluding hydrogens is 360 g/mol. The number of amides is 2. The Labute approximate surface area is 165 Å². The molecule has 2 aromatic rings. The highest BCUT2D eigenvalue weighted by molar-refractivity contribution is 5.98. The number of nitrogens with zero attached hydrogens (tertiary/aromatic N) is 1. The van der Waals surface area contributed by atoms with Crippen LogP contribution in [0.3, 0.4) is 0 Å². The van der Waals surface area contributed by atoms with E-state index in [4.69, 9.17) is 14.2 Å². The average molecular weight is 386 g/mol. The van der Waals surface area contributed by atoms with Crippen molar-refractivity contribution in [2.24, 2.45) is 0 Å². The van der Waals surface area contributed by atoms with Crippen molar-refractivity contribution in [2.45, 2.75) is 13.5 Å². The van der Waals surface area contributed by atoms with Gasteiger partial charge in [-0.1, -0.05) is 18.2 Å². The van der Waals surface area contributed by atoms with Crippen LogP contribution in [0, 0.1) is 0 Å². The second-order valence-electron chi connectivity index (χ2n) is 6.05. The van der Waals surface area contributed by atoms with Crippen molar-refractivity contribution in [3.05, 3.63) is 53.6 Å². The second-order valence-corrected chi connectivity index (χ2v) is 6.05. The van der Waals surface area contributed by atoms with Crippen LogP contribution in [0.4, 0.5) is 0 Å². The number of nitrogens with one attached hydrogen (secondary N) is 1. The van der Waals surface area contributed by atoms with E-state index in [9.17, 15) is 9.59 Å². The van der Waals surface area contributed by atoms with Gasteiger partial charge in [-0.3, -0.25) is 9.59 Å². The van der Waals surface area contributed by atoms with Gasteiger partial charge in [0.25, 0.3) is 5.91 Å². The van der Waals surface area contributed by atoms with E-state index in [1.807, 2.05) is 19.1 Å². The van der Waals surface area contributed by atoms with Crippen LogP contribution in [0.5, 0.6) is 17.2 Å². The molecule has 7 nitrogen and oxygen atoms in total. The molecule has 0 aromatic heterocycles. The first-order valence-electron chi connectivity index (χ1n) is 8.95. The molecule has 2 aromatic carbocycles. The van der Waals surface area contributed by atoms with Crippen LogP contribution in [0.15, 0.2) is 42.5 Å². The smallest absolute Gasteiger partial charge is 0.255 e. The summed E-state index contributed by atoms with van der Waals surface area (Å²) in [6.07, 6.45) is 0. The van der Waals surface area contributed by atoms with Gasteiger partial charge in [-0.05, 0) is 36.8 Å². The van der Waals surface area contributed by atoms with E-state index in [0.717, 1.165) is 5.56 Å². The lowest BCUT2D eigenvalue weighted by atomic mass is 10.2. The number of methoxy groups -OCH3 is 2. The average Bonchev–Trinajstić information content (AvgIpc) is 2.72. The Morgan fingerprint density at radius 3 is 2.39 bits per heavy atom. The third kappa shape index (κ3) is 5.39. The van der Waals surface area contributed by atoms with Crippen molar-refractivity contribution in [1.82, 2.24) is 10.2 Å². The highest BCUT2D eigenvalue weighted by atomic mass is 16.5. The van der Waals surface area contributed by atoms with Crippen LogP contribution in [0.2, 0.25) is 0 Å². The predicted molar refractivity (Wildman–Crippen MR) is 106 cm³/mol. The molecule has 0 saturated heterocycles. The maximum absolute atomic E-state index is 12.4. The van der Waals surface area contributed by atoms with Gasteiger partial charge in [-0.2, -0.15) is 0 Å². The molecule has 0 saturated carbocycles. The lowest BCUT2D eigenvalue weighted by Crippen LogP contribution is -2.37. The number of para-hydroxylation sites is 1. The predicted octanol–water partition coefficient (Wildman–Crippen LogP) is 2.49. The van der Waals surface area contributed by atoms with Crippen LogP contribution < -0.4 is 19.5 Å². The summed E-state index contributed by atoms with van der Waals surface area (Å²) in [6.45, 7) is 2.58. The Bertz CT molecular complexity index is 822. The molecule has 0 heterocycles. The number of hydrogen-bond donors (Lipinski definition) is 1. The van der Waals surface area contributed by atoms with Crippen LogP contribution in [0.25, 0.3) is 0 Å². The number of carbonyl (C=O) groups is 2. The molecule has 1 N–H and O–H groups in total. The molecule has 0 atom stereocenters. The van der Waals surface area contributed by atoms with Gasteiger partial charge in [0.2, 0.25) is 5.91 Å². The van der Waals surface area contributed by atoms with E-state index in [1.165, 1.54) is 4.90 Å². The number of likely N-dealkylation sites (N-methyl/N-ethyl adjacent to an activating group) is 1. The summed E-state index contributed by atoms with van der Waals surface area (Å²) in [5, 5.41) is 2.65. The lowest BCUT2D eigenvalue weighted by Gasteiger charge is -2.19. The monoisotopic (exact) mass is 386 g/mol. The van der Waals surface area contributed by atoms with Gasteiger partial charge >= 0.3 is 0 Å². The molecule has 0 aliphatic rings. The van der Waals surface area contributed by atoms with Gasteiger partial charge in [0, 0.05) is 13.6 Å². The molecule has 0 fully saturated rings. The van der Waals surface area contributed by atoms with E-state index in [1.54, 1.807) is 51.6 Å². The fourth-order valence-electron chi connectivity index (χ4n) is 2.66. The van der Waals surface area contributed by atoms with Gasteiger partial charge < -0.3 is 24.4 Å². The Morgan fingerprint density at radius 1 is 1.00 bits per heavy atom. The van der Waals surface area contributed by atoms with E-state index < -0.39 is 0 Å². The quantitative estimate of drug-likeness (QED) is 0.717. The van der Waals surface area contributed by atoms with Gasteiger partial charge in [0.1, 0.15) is 5.75 Å². The zero-order valence-corrected chi connectivity index (χ0v) is 16.7. The minimum absolute atomic E-state index is 0.108. The topological polar surface area (TPSA) is 77.1 Å². The number of rotatable bonds is 9. The molecule has 2 amide bonds. The maximum atomic E-state index is 12.4. The molecule has 2 rings (SSSR count). The summed E-state index contributed by atoms with van der Waals surface area (Å²) in [4.78, 5) is 26.3. The van der Waals surface area contributed by atoms with Crippen LogP contribution in [-0.4, -0.2) is 51.1 Å². The van der Waals surface area contributed by atoms with Gasteiger partial charge in [-0.15, -0.1) is 0 Å². The first-order chi connectivity index (χ1) is 13.5. The molecular formula is C21H26N2O5. The molecule has 0 spiro atoms. The summed E-state index contributed by atoms with van der Waals surface area (Å²) in [6, 6.07) is 12.4. The minimum Gasteiger partial charge on any atom is -0.493 e. The molecule has 0 radical (unpaired) electrons. The van der Waals surface area contributed by atoms with E-state index >= 15 is 0 Å². The summed E-state index contributed by atoms with van der Waals surface area (Å²) in [5.41, 5.74) is 1.29. The Morgan fingerprint density at radius 2 is 1.71 bits per heavy atom. The van der Waals surface area contributed by atoms with E-state index in [2.05, 4.69) is 5.32 Å². The molecule has 7 heteroatoms. The first-order valence-corrected chi connectivity index (χ1v) is 8.95. The summed E-state index contributed by atoms with van der Waals surface area (Å²) in [5.74, 6) is 1.16. The van der Waals surface area contributed by atoms with Crippen LogP contribution in [0.1, 0.15) is 22.8 Å². The zero-order chi connectivity index (χ0) is 20.5. The minimum atomic E-state index is -0.350. The third-order valence-corrected chi connectivity index (χ3v) is 4.13. The fourth-order valence-corrected chi connectivity index (χ4v) is 2.66. The molecule has 150 valence electrons. The Hall–Kier alpha value is -3.22. The van der Waals surface area contributed by atoms with Crippen molar-refractivity contribution in [3.8, 4) is 17.2 Å². The zero-order valence-electron chi connectivity index (χ0n) is 16.7. The van der Waals surface area contributed by atoms with Gasteiger partial charge in [0.15, 0.2) is 11.5 Å². The highest BCUT2D eigenvalue weighted by Gasteiger charge is 2.15. The molecule has 0 bridgehead atoms. The van der Waals surface area contributed by atoms with E-state index in [-0.39, 0.29) is 18.4 Å². The normalized spacial score (nSPS) is 10.1. The van der Waals surface area contributed by atoms with Gasteiger partial charge in [-0.25, -0.2) is 0 Å². The van der Waals surface area contributed by atoms with Crippen molar-refractivity contribution in [1.29, 1.82) is 0 Å². The summed E-state index contributed by atoms with van der Waals surface area (Å²) < 4.78 is 15.9. The maximum Gasteiger partial charge on any atom is 0.255 e. The highest BCUT2D eigenvalue weighted by Crippen LogP contribution is 2.27. The molecule has 28 heavy (non-hydrogen) atoms. The number of hydrogen-bond acceptors (Lipinski definition) is 5. The second kappa shape index (κ2) is 10.2. The SMILES string of the molecule is CCOc1ccccc1C(=O)NCC(=O)N(C)Cc1ccc(OC)c(OC)c1. The molecule has 0 aliphatic heterocycles. The van der Waals surface area contributed by atoms with Crippen molar-refractivity contribution in [3.63, 3.8) is 0 Å². The Kier molecular flexibility index (Phi) is 7.68. The Balaban J connectivity index is 1.95. The fraction of sp³-hybridized carbons (Fsp3) is 0.333. The molecule has 0 aliphatic carbocycles. The number of ether oxygens (including phenoxy) is 3. The largest absolute Gasteiger partial charge is 0.493 e. The van der Waals surface area contributed by atoms with E-state index in [0.29, 0.717) is 36.0 Å². The summed E-state index contributed by atoms with van der Waals surface area (Å²) >= 11 is 0. The van der Waals surface area contributed by atoms with Gasteiger partial charge in [0.05, 0.1) is 32.9 Å². The standard InChI is InChI=1S/C21H26N2O5/c1-5-28-17-9-7-6-8-16(17)21(25)22-13-20(24)23(2)14-15-10-11-18(26-3)19(12-15)27-4/h6-12H,5,13-14H2,1-4H3,(H,22,25). The number of carbonyl (C=O) groups excluding carboxylic acids is 2. The van der Waals surface area contributed by atoms with Crippen LogP contribution >= 0.6 is 0 Å². The number of benzene rings is 2. The summed E-state index contributed by atoms with van der Waals surface area (Å²) in [7, 11) is 4.81. The molecule has 0 unspecified atom stereocenters. The van der Waals surface area contributed by atoms with Crippen LogP contribution in [-0.2, 0) is 11.3 Å². The van der Waals surface area contributed by atoms with Crippen molar-refractivity contribution in [2.75, 3.05) is 34.4 Å². The lowest BCUT2D eigenvalue weighted by molar-refractivity contribution is -0.129. The first kappa shape index (κ1) is 21.1. The third-order valence-electron chi connectivity index (χ3n) is 4.13.